The molecule has 0 amide bonds. The van der Waals surface area contributed by atoms with Crippen LogP contribution in [0.4, 0.5) is 11.5 Å². The van der Waals surface area contributed by atoms with Crippen molar-refractivity contribution in [2.45, 2.75) is 148 Å². The zero-order valence-corrected chi connectivity index (χ0v) is 36.5. The quantitative estimate of drug-likeness (QED) is 0.0189. The predicted molar refractivity (Wildman–Crippen MR) is 234 cm³/mol. The molecule has 0 fully saturated rings. The van der Waals surface area contributed by atoms with Crippen LogP contribution in [0.5, 0.6) is 0 Å². The number of methoxy groups -OCH3 is 1. The Labute approximate surface area is 351 Å². The molecule has 3 aromatic rings. The van der Waals surface area contributed by atoms with Gasteiger partial charge in [-0.15, -0.1) is 0 Å². The third-order valence-corrected chi connectivity index (χ3v) is 11.4. The maximum absolute atomic E-state index is 13.1. The van der Waals surface area contributed by atoms with E-state index in [-0.39, 0.29) is 26.4 Å². The number of unbranched alkanes of at least 4 members (excludes halogenated alkanes) is 15. The third-order valence-electron chi connectivity index (χ3n) is 10.4. The number of benzene rings is 1. The number of aromatic nitrogens is 3. The van der Waals surface area contributed by atoms with Gasteiger partial charge in [0, 0.05) is 19.4 Å². The number of nitrogens with zero attached hydrogens (tertiary/aromatic N) is 5. The number of aliphatic imine (C=N–C) groups is 1. The standard InChI is InChI=1S/C43H69N8O7P/c1-4-5-6-7-8-9-10-11-12-13-14-15-16-17-18-19-26-55-30-39(56-29-36-20-22-40(37(27-36)28-44)48-34-47-33-45)31-57-59(52,53)58-32-43(2,54-3)25-24-38-21-23-41-42(46)49-35-50-51(38)41/h20-23,27,33-35,39H,4-19,24-26,29-32H2,1-3H3,(H,52,53)(H2,45,47,48)(H2,46,49,50)/t39-,43+/m1/s1. The molecule has 2 aromatic heterocycles. The summed E-state index contributed by atoms with van der Waals surface area (Å²) in [5, 5.41) is 23.9. The molecule has 0 aliphatic heterocycles. The monoisotopic (exact) mass is 841 g/mol. The number of nitrogens with one attached hydrogen (secondary N) is 2. The van der Waals surface area contributed by atoms with E-state index in [0.29, 0.717) is 47.6 Å². The van der Waals surface area contributed by atoms with E-state index in [2.05, 4.69) is 33.4 Å². The number of nitriles is 1. The number of nitrogen functional groups attached to an aromatic ring is 1. The van der Waals surface area contributed by atoms with Gasteiger partial charge in [0.15, 0.2) is 5.82 Å². The number of hydrogen-bond acceptors (Lipinski definition) is 11. The number of hydrogen-bond donors (Lipinski definition) is 4. The number of ether oxygens (including phenoxy) is 3. The van der Waals surface area contributed by atoms with Crippen molar-refractivity contribution < 1.29 is 32.7 Å². The Hall–Kier alpha value is -3.74. The number of nitrogens with two attached hydrogens (primary N) is 1. The number of fused-ring (bicyclic) bond motifs is 1. The summed E-state index contributed by atoms with van der Waals surface area (Å²) in [5.41, 5.74) is 8.24. The lowest BCUT2D eigenvalue weighted by atomic mass is 10.00. The molecule has 0 aliphatic carbocycles. The molecule has 59 heavy (non-hydrogen) atoms. The van der Waals surface area contributed by atoms with Crippen LogP contribution < -0.4 is 11.1 Å². The Kier molecular flexibility index (Phi) is 24.1. The first kappa shape index (κ1) is 49.6. The fourth-order valence-electron chi connectivity index (χ4n) is 6.62. The van der Waals surface area contributed by atoms with Crippen molar-refractivity contribution in [3.63, 3.8) is 0 Å². The number of phosphoric acid groups is 1. The number of phosphoric ester groups is 1. The molecule has 0 radical (unpaired) electrons. The number of anilines is 2. The normalized spacial score (nSPS) is 14.3. The van der Waals surface area contributed by atoms with Gasteiger partial charge in [0.05, 0.1) is 49.6 Å². The van der Waals surface area contributed by atoms with E-state index >= 15 is 0 Å². The van der Waals surface area contributed by atoms with Crippen LogP contribution in [-0.4, -0.2) is 77.4 Å². The van der Waals surface area contributed by atoms with E-state index in [1.165, 1.54) is 110 Å². The van der Waals surface area contributed by atoms with Gasteiger partial charge in [0.25, 0.3) is 0 Å². The Morgan fingerprint density at radius 3 is 2.29 bits per heavy atom. The smallest absolute Gasteiger partial charge is 0.382 e. The van der Waals surface area contributed by atoms with E-state index in [9.17, 15) is 14.7 Å². The molecular formula is C43H69N8O7P. The largest absolute Gasteiger partial charge is 0.472 e. The maximum atomic E-state index is 13.1. The minimum absolute atomic E-state index is 0.100. The zero-order chi connectivity index (χ0) is 42.6. The summed E-state index contributed by atoms with van der Waals surface area (Å²) < 4.78 is 43.5. The van der Waals surface area contributed by atoms with Gasteiger partial charge >= 0.3 is 7.82 Å². The highest BCUT2D eigenvalue weighted by Crippen LogP contribution is 2.44. The van der Waals surface area contributed by atoms with Crippen LogP contribution in [0.2, 0.25) is 0 Å². The topological polar surface area (TPSA) is 212 Å². The lowest BCUT2D eigenvalue weighted by Gasteiger charge is -2.29. The first-order valence-electron chi connectivity index (χ1n) is 21.4. The van der Waals surface area contributed by atoms with Crippen molar-refractivity contribution in [1.82, 2.24) is 14.6 Å². The lowest BCUT2D eigenvalue weighted by Crippen LogP contribution is -2.34. The highest BCUT2D eigenvalue weighted by molar-refractivity contribution is 7.47. The molecule has 5 N–H and O–H groups in total. The fraction of sp³-hybridized carbons (Fsp3) is 0.651. The Bertz CT molecular complexity index is 1750. The summed E-state index contributed by atoms with van der Waals surface area (Å²) in [7, 11) is -3.01. The summed E-state index contributed by atoms with van der Waals surface area (Å²) in [6.07, 6.45) is 24.5. The average molecular weight is 841 g/mol. The van der Waals surface area contributed by atoms with E-state index in [0.717, 1.165) is 24.9 Å². The van der Waals surface area contributed by atoms with Gasteiger partial charge in [-0.25, -0.2) is 19.1 Å². The van der Waals surface area contributed by atoms with Gasteiger partial charge in [-0.1, -0.05) is 109 Å². The van der Waals surface area contributed by atoms with E-state index < -0.39 is 19.5 Å². The molecular weight excluding hydrogens is 771 g/mol. The molecule has 328 valence electrons. The summed E-state index contributed by atoms with van der Waals surface area (Å²) >= 11 is 0. The second-order valence-electron chi connectivity index (χ2n) is 15.3. The van der Waals surface area contributed by atoms with Crippen molar-refractivity contribution >= 4 is 37.5 Å². The molecule has 1 unspecified atom stereocenters. The summed E-state index contributed by atoms with van der Waals surface area (Å²) in [6, 6.07) is 11.1. The molecule has 0 saturated carbocycles. The molecule has 0 saturated heterocycles. The summed E-state index contributed by atoms with van der Waals surface area (Å²) in [5.74, 6) is 0.374. The minimum atomic E-state index is -4.53. The van der Waals surface area contributed by atoms with E-state index in [1.54, 1.807) is 29.6 Å². The van der Waals surface area contributed by atoms with Gasteiger partial charge in [-0.05, 0) is 56.0 Å². The molecule has 0 spiro atoms. The Balaban J connectivity index is 1.44. The first-order chi connectivity index (χ1) is 28.6. The van der Waals surface area contributed by atoms with Crippen LogP contribution in [-0.2, 0) is 40.9 Å². The molecule has 0 aliphatic rings. The molecule has 3 atom stereocenters. The van der Waals surface area contributed by atoms with Crippen molar-refractivity contribution in [2.24, 2.45) is 4.99 Å². The van der Waals surface area contributed by atoms with Crippen LogP contribution in [0.15, 0.2) is 41.7 Å². The van der Waals surface area contributed by atoms with Gasteiger partial charge in [0.2, 0.25) is 0 Å². The maximum Gasteiger partial charge on any atom is 0.472 e. The minimum Gasteiger partial charge on any atom is -0.382 e. The van der Waals surface area contributed by atoms with Crippen LogP contribution >= 0.6 is 7.82 Å². The Morgan fingerprint density at radius 2 is 1.66 bits per heavy atom. The van der Waals surface area contributed by atoms with Crippen LogP contribution in [0.3, 0.4) is 0 Å². The predicted octanol–water partition coefficient (Wildman–Crippen LogP) is 9.57. The molecule has 3 rings (SSSR count). The molecule has 1 aromatic carbocycles. The lowest BCUT2D eigenvalue weighted by molar-refractivity contribution is -0.0615. The van der Waals surface area contributed by atoms with Gasteiger partial charge < -0.3 is 30.2 Å². The third kappa shape index (κ3) is 19.9. The van der Waals surface area contributed by atoms with Crippen molar-refractivity contribution in [3.8, 4) is 6.07 Å². The fourth-order valence-corrected chi connectivity index (χ4v) is 7.49. The van der Waals surface area contributed by atoms with Gasteiger partial charge in [-0.2, -0.15) is 10.4 Å². The van der Waals surface area contributed by atoms with Crippen LogP contribution in [0, 0.1) is 16.7 Å². The molecule has 16 heteroatoms. The summed E-state index contributed by atoms with van der Waals surface area (Å²) in [6.45, 7) is 4.35. The highest BCUT2D eigenvalue weighted by Gasteiger charge is 2.31. The van der Waals surface area contributed by atoms with E-state index in [4.69, 9.17) is 34.4 Å². The number of aryl methyl sites for hydroxylation is 1. The highest BCUT2D eigenvalue weighted by atomic mass is 31.2. The van der Waals surface area contributed by atoms with Crippen LogP contribution in [0.1, 0.15) is 140 Å². The van der Waals surface area contributed by atoms with Crippen LogP contribution in [0.25, 0.3) is 5.52 Å². The average Bonchev–Trinajstić information content (AvgIpc) is 3.67. The summed E-state index contributed by atoms with van der Waals surface area (Å²) in [4.78, 5) is 18.4. The molecule has 0 bridgehead atoms. The van der Waals surface area contributed by atoms with Crippen molar-refractivity contribution in [2.75, 3.05) is 44.6 Å². The SMILES string of the molecule is CCCCCCCCCCCCCCCCCCOC[C@H](COP(=O)(O)OC[C@](C)(CCc1ccc2c(N)ncnn12)OC)OCc1ccc(N/C=N\C=N)c(C#N)c1. The molecule has 15 nitrogen and oxygen atoms in total. The van der Waals surface area contributed by atoms with Crippen molar-refractivity contribution in [3.05, 3.63) is 53.5 Å². The van der Waals surface area contributed by atoms with E-state index in [1.807, 2.05) is 12.1 Å². The number of rotatable bonds is 35. The van der Waals surface area contributed by atoms with Gasteiger partial charge in [0.1, 0.15) is 30.4 Å². The van der Waals surface area contributed by atoms with Gasteiger partial charge in [-0.3, -0.25) is 14.5 Å². The second-order valence-corrected chi connectivity index (χ2v) is 16.8. The Morgan fingerprint density at radius 1 is 1.00 bits per heavy atom. The first-order valence-corrected chi connectivity index (χ1v) is 22.9. The van der Waals surface area contributed by atoms with Crippen molar-refractivity contribution in [1.29, 1.82) is 10.7 Å². The zero-order valence-electron chi connectivity index (χ0n) is 35.6. The molecule has 2 heterocycles. The second kappa shape index (κ2) is 28.7.